The minimum atomic E-state index is -4.95. The Hall–Kier alpha value is -1.94. The number of phosphoric ester groups is 2. The van der Waals surface area contributed by atoms with Crippen molar-refractivity contribution in [2.75, 3.05) is 39.6 Å². The second-order valence-corrected chi connectivity index (χ2v) is 30.7. The number of ether oxygens (including phenoxy) is 4. The number of carbonyl (C=O) groups excluding carboxylic acids is 4. The van der Waals surface area contributed by atoms with Gasteiger partial charge in [0.2, 0.25) is 0 Å². The molecule has 92 heavy (non-hydrogen) atoms. The Morgan fingerprint density at radius 3 is 0.772 bits per heavy atom. The summed E-state index contributed by atoms with van der Waals surface area (Å²) < 4.78 is 68.4. The average Bonchev–Trinajstić information content (AvgIpc) is 2.71. The monoisotopic (exact) mass is 1350 g/mol. The highest BCUT2D eigenvalue weighted by Gasteiger charge is 2.30. The summed E-state index contributed by atoms with van der Waals surface area (Å²) in [4.78, 5) is 72.7. The third kappa shape index (κ3) is 64.1. The van der Waals surface area contributed by atoms with E-state index in [1.165, 1.54) is 161 Å². The molecule has 0 aromatic rings. The first-order valence-corrected chi connectivity index (χ1v) is 40.8. The lowest BCUT2D eigenvalue weighted by Crippen LogP contribution is -2.30. The number of aliphatic hydroxyl groups excluding tert-OH is 1. The van der Waals surface area contributed by atoms with Crippen LogP contribution in [-0.2, 0) is 65.4 Å². The first-order valence-electron chi connectivity index (χ1n) is 37.8. The van der Waals surface area contributed by atoms with Gasteiger partial charge in [-0.25, -0.2) is 9.13 Å². The van der Waals surface area contributed by atoms with Gasteiger partial charge in [-0.3, -0.25) is 37.3 Å². The van der Waals surface area contributed by atoms with Crippen molar-refractivity contribution in [1.82, 2.24) is 0 Å². The Kier molecular flexibility index (Phi) is 61.3. The largest absolute Gasteiger partial charge is 0.472 e. The van der Waals surface area contributed by atoms with Gasteiger partial charge in [-0.2, -0.15) is 0 Å². The van der Waals surface area contributed by atoms with E-state index >= 15 is 0 Å². The zero-order valence-electron chi connectivity index (χ0n) is 60.2. The number of esters is 4. The van der Waals surface area contributed by atoms with E-state index in [0.717, 1.165) is 120 Å². The van der Waals surface area contributed by atoms with Crippen LogP contribution in [0, 0.1) is 23.7 Å². The SMILES string of the molecule is CCC(C)CCCCCCCCCCCCC(=O)OC[C@H](COP(=O)(O)OC[C@@H](O)COP(=O)(O)OC[C@@H](COC(=O)CCCCCCCCC(C)CC)OC(=O)CCCCCCCCCCCCCCCC(C)C)OC(=O)CCCCCCCCCCCC(C)C. The van der Waals surface area contributed by atoms with E-state index in [0.29, 0.717) is 25.7 Å². The molecule has 0 amide bonds. The van der Waals surface area contributed by atoms with Gasteiger partial charge in [0, 0.05) is 25.7 Å². The molecule has 0 aliphatic carbocycles. The standard InChI is InChI=1S/C73H142O17P2/c1-9-65(7)51-43-35-27-21-16-17-22-28-37-45-53-70(75)83-59-68(89-73(78)56-48-40-30-24-18-20-26-34-42-50-64(5)6)61-87-91(79,80)85-57-67(74)58-86-92(81,82)88-62-69(60-84-71(76)54-46-38-32-31-36-44-52-66(8)10-2)90-72(77)55-47-39-29-23-15-13-11-12-14-19-25-33-41-49-63(3)4/h63-69,74H,9-62H2,1-8H3,(H,79,80)(H,81,82)/t65?,66?,67-,68-,69-/m1/s1. The Bertz CT molecular complexity index is 1820. The molecule has 17 nitrogen and oxygen atoms in total. The quantitative estimate of drug-likeness (QED) is 0.0222. The van der Waals surface area contributed by atoms with Crippen LogP contribution in [-0.4, -0.2) is 96.7 Å². The van der Waals surface area contributed by atoms with Crippen molar-refractivity contribution >= 4 is 39.5 Å². The molecule has 0 spiro atoms. The fourth-order valence-corrected chi connectivity index (χ4v) is 12.5. The number of hydrogen-bond acceptors (Lipinski definition) is 15. The zero-order chi connectivity index (χ0) is 68.2. The van der Waals surface area contributed by atoms with Crippen LogP contribution in [0.25, 0.3) is 0 Å². The van der Waals surface area contributed by atoms with E-state index in [1.807, 2.05) is 0 Å². The Balaban J connectivity index is 5.25. The minimum Gasteiger partial charge on any atom is -0.462 e. The smallest absolute Gasteiger partial charge is 0.462 e. The van der Waals surface area contributed by atoms with Gasteiger partial charge in [0.05, 0.1) is 26.4 Å². The van der Waals surface area contributed by atoms with Crippen molar-refractivity contribution in [2.45, 2.75) is 382 Å². The van der Waals surface area contributed by atoms with Gasteiger partial charge in [-0.05, 0) is 49.4 Å². The number of aliphatic hydroxyl groups is 1. The van der Waals surface area contributed by atoms with E-state index in [9.17, 15) is 43.2 Å². The summed E-state index contributed by atoms with van der Waals surface area (Å²) in [5, 5.41) is 10.6. The van der Waals surface area contributed by atoms with Crippen LogP contribution in [0.15, 0.2) is 0 Å². The molecular weight excluding hydrogens is 1210 g/mol. The molecule has 0 saturated heterocycles. The lowest BCUT2D eigenvalue weighted by Gasteiger charge is -2.21. The highest BCUT2D eigenvalue weighted by atomic mass is 31.2. The molecule has 7 atom stereocenters. The molecule has 0 aliphatic heterocycles. The normalized spacial score (nSPS) is 14.8. The third-order valence-corrected chi connectivity index (χ3v) is 19.4. The molecule has 3 N–H and O–H groups in total. The second-order valence-electron chi connectivity index (χ2n) is 27.8. The maximum Gasteiger partial charge on any atom is 0.472 e. The fourth-order valence-electron chi connectivity index (χ4n) is 11.0. The summed E-state index contributed by atoms with van der Waals surface area (Å²) in [5.41, 5.74) is 0. The molecule has 0 bridgehead atoms. The van der Waals surface area contributed by atoms with Crippen LogP contribution >= 0.6 is 15.6 Å². The molecule has 0 heterocycles. The topological polar surface area (TPSA) is 237 Å². The lowest BCUT2D eigenvalue weighted by molar-refractivity contribution is -0.161. The van der Waals surface area contributed by atoms with Crippen molar-refractivity contribution < 1.29 is 80.2 Å². The van der Waals surface area contributed by atoms with E-state index < -0.39 is 97.5 Å². The van der Waals surface area contributed by atoms with E-state index in [2.05, 4.69) is 55.4 Å². The van der Waals surface area contributed by atoms with Gasteiger partial charge in [0.25, 0.3) is 0 Å². The maximum absolute atomic E-state index is 13.0. The van der Waals surface area contributed by atoms with Crippen molar-refractivity contribution in [3.8, 4) is 0 Å². The predicted molar refractivity (Wildman–Crippen MR) is 372 cm³/mol. The molecule has 0 rings (SSSR count). The Labute approximate surface area is 562 Å². The number of unbranched alkanes of at least 4 members (excludes halogenated alkanes) is 34. The molecule has 0 aromatic heterocycles. The molecule has 0 radical (unpaired) electrons. The summed E-state index contributed by atoms with van der Waals surface area (Å²) in [7, 11) is -9.91. The maximum atomic E-state index is 13.0. The Morgan fingerprint density at radius 1 is 0.304 bits per heavy atom. The van der Waals surface area contributed by atoms with Crippen LogP contribution in [0.1, 0.15) is 364 Å². The van der Waals surface area contributed by atoms with Gasteiger partial charge in [0.15, 0.2) is 12.2 Å². The number of carbonyl (C=O) groups is 4. The van der Waals surface area contributed by atoms with Gasteiger partial charge in [-0.1, -0.05) is 312 Å². The lowest BCUT2D eigenvalue weighted by atomic mass is 9.99. The number of phosphoric acid groups is 2. The third-order valence-electron chi connectivity index (χ3n) is 17.5. The van der Waals surface area contributed by atoms with Gasteiger partial charge >= 0.3 is 39.5 Å². The van der Waals surface area contributed by atoms with Gasteiger partial charge < -0.3 is 33.8 Å². The fraction of sp³-hybridized carbons (Fsp3) is 0.945. The molecule has 19 heteroatoms. The summed E-state index contributed by atoms with van der Waals surface area (Å²) in [6.07, 6.45) is 45.7. The van der Waals surface area contributed by atoms with Crippen molar-refractivity contribution in [3.05, 3.63) is 0 Å². The van der Waals surface area contributed by atoms with Crippen molar-refractivity contribution in [2.24, 2.45) is 23.7 Å². The van der Waals surface area contributed by atoms with E-state index in [1.54, 1.807) is 0 Å². The summed E-state index contributed by atoms with van der Waals surface area (Å²) >= 11 is 0. The first-order chi connectivity index (χ1) is 44.2. The molecular formula is C73H142O17P2. The van der Waals surface area contributed by atoms with Crippen LogP contribution < -0.4 is 0 Å². The highest BCUT2D eigenvalue weighted by Crippen LogP contribution is 2.45. The molecule has 4 unspecified atom stereocenters. The molecule has 0 aliphatic rings. The van der Waals surface area contributed by atoms with Crippen LogP contribution in [0.4, 0.5) is 0 Å². The second kappa shape index (κ2) is 62.6. The number of rotatable bonds is 70. The predicted octanol–water partition coefficient (Wildman–Crippen LogP) is 20.9. The van der Waals surface area contributed by atoms with Crippen molar-refractivity contribution in [3.63, 3.8) is 0 Å². The van der Waals surface area contributed by atoms with E-state index in [-0.39, 0.29) is 25.7 Å². The molecule has 0 fully saturated rings. The Morgan fingerprint density at radius 2 is 0.522 bits per heavy atom. The minimum absolute atomic E-state index is 0.105. The van der Waals surface area contributed by atoms with E-state index in [4.69, 9.17) is 37.0 Å². The zero-order valence-corrected chi connectivity index (χ0v) is 62.0. The van der Waals surface area contributed by atoms with Gasteiger partial charge in [-0.15, -0.1) is 0 Å². The average molecular weight is 1350 g/mol. The van der Waals surface area contributed by atoms with Crippen molar-refractivity contribution in [1.29, 1.82) is 0 Å². The summed E-state index contributed by atoms with van der Waals surface area (Å²) in [6.45, 7) is 14.2. The van der Waals surface area contributed by atoms with Crippen LogP contribution in [0.3, 0.4) is 0 Å². The first kappa shape index (κ1) is 90.1. The van der Waals surface area contributed by atoms with Gasteiger partial charge in [0.1, 0.15) is 19.3 Å². The summed E-state index contributed by atoms with van der Waals surface area (Å²) in [5.74, 6) is 0.937. The highest BCUT2D eigenvalue weighted by molar-refractivity contribution is 7.47. The molecule has 546 valence electrons. The number of hydrogen-bond donors (Lipinski definition) is 3. The molecule has 0 aromatic carbocycles. The summed E-state index contributed by atoms with van der Waals surface area (Å²) in [6, 6.07) is 0. The van der Waals surface area contributed by atoms with Crippen LogP contribution in [0.2, 0.25) is 0 Å². The van der Waals surface area contributed by atoms with Crippen LogP contribution in [0.5, 0.6) is 0 Å². The molecule has 0 saturated carbocycles.